The lowest BCUT2D eigenvalue weighted by Crippen LogP contribution is -2.17. The lowest BCUT2D eigenvalue weighted by molar-refractivity contribution is 0.405. The summed E-state index contributed by atoms with van der Waals surface area (Å²) in [5.41, 5.74) is 7.49. The predicted octanol–water partition coefficient (Wildman–Crippen LogP) is 1.34. The number of aromatic nitrogens is 1. The SMILES string of the molecule is Cc1ccc(N)c(NCCCN(C)C)n1. The molecule has 1 aromatic rings. The van der Waals surface area contributed by atoms with Gasteiger partial charge in [0.15, 0.2) is 0 Å². The van der Waals surface area contributed by atoms with Crippen molar-refractivity contribution in [3.63, 3.8) is 0 Å². The second-order valence-corrected chi connectivity index (χ2v) is 3.97. The summed E-state index contributed by atoms with van der Waals surface area (Å²) in [6, 6.07) is 3.80. The summed E-state index contributed by atoms with van der Waals surface area (Å²) < 4.78 is 0. The number of nitrogen functional groups attached to an aromatic ring is 1. The minimum Gasteiger partial charge on any atom is -0.396 e. The van der Waals surface area contributed by atoms with E-state index < -0.39 is 0 Å². The molecule has 0 radical (unpaired) electrons. The molecule has 0 saturated heterocycles. The van der Waals surface area contributed by atoms with Crippen molar-refractivity contribution in [2.75, 3.05) is 38.2 Å². The van der Waals surface area contributed by atoms with Gasteiger partial charge in [-0.1, -0.05) is 0 Å². The molecular weight excluding hydrogens is 188 g/mol. The van der Waals surface area contributed by atoms with Gasteiger partial charge in [-0.2, -0.15) is 0 Å². The van der Waals surface area contributed by atoms with E-state index in [-0.39, 0.29) is 0 Å². The molecule has 3 N–H and O–H groups in total. The van der Waals surface area contributed by atoms with Crippen LogP contribution >= 0.6 is 0 Å². The van der Waals surface area contributed by atoms with Gasteiger partial charge in [-0.25, -0.2) is 4.98 Å². The third kappa shape index (κ3) is 4.16. The molecule has 0 unspecified atom stereocenters. The van der Waals surface area contributed by atoms with Gasteiger partial charge in [-0.3, -0.25) is 0 Å². The van der Waals surface area contributed by atoms with Crippen molar-refractivity contribution in [1.82, 2.24) is 9.88 Å². The Hall–Kier alpha value is -1.29. The Bertz CT molecular complexity index is 309. The molecule has 1 rings (SSSR count). The van der Waals surface area contributed by atoms with Crippen molar-refractivity contribution in [1.29, 1.82) is 0 Å². The first-order valence-electron chi connectivity index (χ1n) is 5.21. The molecule has 0 atom stereocenters. The fourth-order valence-electron chi connectivity index (χ4n) is 1.31. The number of hydrogen-bond donors (Lipinski definition) is 2. The second kappa shape index (κ2) is 5.56. The maximum absolute atomic E-state index is 5.80. The molecule has 0 amide bonds. The third-order valence-electron chi connectivity index (χ3n) is 2.14. The zero-order chi connectivity index (χ0) is 11.3. The van der Waals surface area contributed by atoms with Crippen LogP contribution in [0.4, 0.5) is 11.5 Å². The van der Waals surface area contributed by atoms with Crippen molar-refractivity contribution in [2.24, 2.45) is 0 Å². The minimum absolute atomic E-state index is 0.713. The Morgan fingerprint density at radius 1 is 1.40 bits per heavy atom. The van der Waals surface area contributed by atoms with Gasteiger partial charge >= 0.3 is 0 Å². The van der Waals surface area contributed by atoms with E-state index in [1.165, 1.54) is 0 Å². The molecule has 1 aromatic heterocycles. The van der Waals surface area contributed by atoms with E-state index in [0.29, 0.717) is 5.69 Å². The highest BCUT2D eigenvalue weighted by Gasteiger charge is 1.99. The maximum Gasteiger partial charge on any atom is 0.149 e. The number of rotatable bonds is 5. The summed E-state index contributed by atoms with van der Waals surface area (Å²) in [5, 5.41) is 3.25. The number of nitrogens with zero attached hydrogens (tertiary/aromatic N) is 2. The number of pyridine rings is 1. The largest absolute Gasteiger partial charge is 0.396 e. The Labute approximate surface area is 91.5 Å². The van der Waals surface area contributed by atoms with Crippen molar-refractivity contribution >= 4 is 11.5 Å². The summed E-state index contributed by atoms with van der Waals surface area (Å²) in [4.78, 5) is 6.50. The topological polar surface area (TPSA) is 54.2 Å². The van der Waals surface area contributed by atoms with Crippen LogP contribution in [0.5, 0.6) is 0 Å². The standard InChI is InChI=1S/C11H20N4/c1-9-5-6-10(12)11(14-9)13-7-4-8-15(2)3/h5-6H,4,7-8,12H2,1-3H3,(H,13,14). The number of nitrogens with one attached hydrogen (secondary N) is 1. The molecule has 0 fully saturated rings. The van der Waals surface area contributed by atoms with Crippen LogP contribution in [0.1, 0.15) is 12.1 Å². The van der Waals surface area contributed by atoms with Gasteiger partial charge < -0.3 is 16.0 Å². The van der Waals surface area contributed by atoms with Gasteiger partial charge in [0.05, 0.1) is 5.69 Å². The molecule has 0 spiro atoms. The molecule has 0 aliphatic carbocycles. The average Bonchev–Trinajstić information content (AvgIpc) is 2.17. The van der Waals surface area contributed by atoms with E-state index in [4.69, 9.17) is 5.73 Å². The fourth-order valence-corrected chi connectivity index (χ4v) is 1.31. The summed E-state index contributed by atoms with van der Waals surface area (Å²) in [6.07, 6.45) is 1.09. The maximum atomic E-state index is 5.80. The fraction of sp³-hybridized carbons (Fsp3) is 0.545. The van der Waals surface area contributed by atoms with Gasteiger partial charge in [0.2, 0.25) is 0 Å². The summed E-state index contributed by atoms with van der Waals surface area (Å²) in [7, 11) is 4.14. The highest BCUT2D eigenvalue weighted by molar-refractivity contribution is 5.61. The molecule has 0 aliphatic heterocycles. The van der Waals surface area contributed by atoms with Crippen molar-refractivity contribution in [3.05, 3.63) is 17.8 Å². The van der Waals surface area contributed by atoms with E-state index in [0.717, 1.165) is 31.0 Å². The highest BCUT2D eigenvalue weighted by Crippen LogP contribution is 2.14. The van der Waals surface area contributed by atoms with Crippen LogP contribution < -0.4 is 11.1 Å². The molecule has 15 heavy (non-hydrogen) atoms. The summed E-state index contributed by atoms with van der Waals surface area (Å²) in [5.74, 6) is 0.800. The molecule has 4 heteroatoms. The van der Waals surface area contributed by atoms with Crippen molar-refractivity contribution in [2.45, 2.75) is 13.3 Å². The first-order chi connectivity index (χ1) is 7.09. The number of anilines is 2. The Kier molecular flexibility index (Phi) is 4.37. The van der Waals surface area contributed by atoms with E-state index in [2.05, 4.69) is 29.3 Å². The second-order valence-electron chi connectivity index (χ2n) is 3.97. The van der Waals surface area contributed by atoms with Crippen LogP contribution in [0.15, 0.2) is 12.1 Å². The van der Waals surface area contributed by atoms with Crippen molar-refractivity contribution in [3.8, 4) is 0 Å². The zero-order valence-corrected chi connectivity index (χ0v) is 9.75. The zero-order valence-electron chi connectivity index (χ0n) is 9.75. The highest BCUT2D eigenvalue weighted by atomic mass is 15.1. The van der Waals surface area contributed by atoms with E-state index in [9.17, 15) is 0 Å². The van der Waals surface area contributed by atoms with E-state index >= 15 is 0 Å². The molecular formula is C11H20N4. The number of nitrogens with two attached hydrogens (primary N) is 1. The third-order valence-corrected chi connectivity index (χ3v) is 2.14. The molecule has 0 bridgehead atoms. The van der Waals surface area contributed by atoms with Gasteiger partial charge in [-0.15, -0.1) is 0 Å². The quantitative estimate of drug-likeness (QED) is 0.717. The number of aryl methyl sites for hydroxylation is 1. The van der Waals surface area contributed by atoms with Crippen LogP contribution in [0, 0.1) is 6.92 Å². The normalized spacial score (nSPS) is 10.7. The van der Waals surface area contributed by atoms with Gasteiger partial charge in [0.1, 0.15) is 5.82 Å². The summed E-state index contributed by atoms with van der Waals surface area (Å²) in [6.45, 7) is 3.93. The van der Waals surface area contributed by atoms with Crippen LogP contribution in [-0.2, 0) is 0 Å². The van der Waals surface area contributed by atoms with Gasteiger partial charge in [0, 0.05) is 12.2 Å². The smallest absolute Gasteiger partial charge is 0.149 e. The first-order valence-corrected chi connectivity index (χ1v) is 5.21. The van der Waals surface area contributed by atoms with Gasteiger partial charge in [0.25, 0.3) is 0 Å². The Morgan fingerprint density at radius 2 is 2.13 bits per heavy atom. The molecule has 0 aromatic carbocycles. The Morgan fingerprint density at radius 3 is 2.80 bits per heavy atom. The van der Waals surface area contributed by atoms with Gasteiger partial charge in [-0.05, 0) is 46.1 Å². The van der Waals surface area contributed by atoms with E-state index in [1.54, 1.807) is 0 Å². The first kappa shape index (κ1) is 11.8. The molecule has 84 valence electrons. The van der Waals surface area contributed by atoms with Crippen LogP contribution in [0.3, 0.4) is 0 Å². The molecule has 0 saturated carbocycles. The summed E-state index contributed by atoms with van der Waals surface area (Å²) >= 11 is 0. The minimum atomic E-state index is 0.713. The molecule has 0 aliphatic rings. The van der Waals surface area contributed by atoms with Crippen molar-refractivity contribution < 1.29 is 0 Å². The predicted molar refractivity (Wildman–Crippen MR) is 65.0 cm³/mol. The monoisotopic (exact) mass is 208 g/mol. The number of hydrogen-bond acceptors (Lipinski definition) is 4. The Balaban J connectivity index is 2.40. The molecule has 1 heterocycles. The lowest BCUT2D eigenvalue weighted by Gasteiger charge is -2.11. The lowest BCUT2D eigenvalue weighted by atomic mass is 10.3. The molecule has 4 nitrogen and oxygen atoms in total. The van der Waals surface area contributed by atoms with E-state index in [1.807, 2.05) is 19.1 Å². The van der Waals surface area contributed by atoms with Crippen LogP contribution in [-0.4, -0.2) is 37.1 Å². The average molecular weight is 208 g/mol. The van der Waals surface area contributed by atoms with Crippen LogP contribution in [0.25, 0.3) is 0 Å². The van der Waals surface area contributed by atoms with Crippen LogP contribution in [0.2, 0.25) is 0 Å².